The normalized spacial score (nSPS) is 11.7. The fourth-order valence-corrected chi connectivity index (χ4v) is 4.08. The van der Waals surface area contributed by atoms with E-state index in [1.807, 2.05) is 67.6 Å². The largest absolute Gasteiger partial charge is 0.338 e. The van der Waals surface area contributed by atoms with E-state index in [4.69, 9.17) is 4.98 Å². The number of hydrogen-bond acceptors (Lipinski definition) is 5. The van der Waals surface area contributed by atoms with Crippen molar-refractivity contribution in [3.05, 3.63) is 96.3 Å². The summed E-state index contributed by atoms with van der Waals surface area (Å²) in [6.07, 6.45) is 0. The summed E-state index contributed by atoms with van der Waals surface area (Å²) in [5.41, 5.74) is 4.14. The topological polar surface area (TPSA) is 59.0 Å². The van der Waals surface area contributed by atoms with Crippen LogP contribution in [-0.2, 0) is 4.79 Å². The van der Waals surface area contributed by atoms with Crippen molar-refractivity contribution < 1.29 is 9.18 Å². The number of hydrogen-bond donors (Lipinski definition) is 0. The molecule has 1 unspecified atom stereocenters. The molecule has 0 N–H and O–H groups in total. The molecule has 0 radical (unpaired) electrons. The lowest BCUT2D eigenvalue weighted by molar-refractivity contribution is -0.128. The van der Waals surface area contributed by atoms with E-state index >= 15 is 0 Å². The first-order valence-corrected chi connectivity index (χ1v) is 11.5. The van der Waals surface area contributed by atoms with Crippen LogP contribution in [0.25, 0.3) is 22.5 Å². The summed E-state index contributed by atoms with van der Waals surface area (Å²) in [4.78, 5) is 19.2. The summed E-state index contributed by atoms with van der Waals surface area (Å²) in [7, 11) is 1.74. The predicted octanol–water partition coefficient (Wildman–Crippen LogP) is 5.66. The van der Waals surface area contributed by atoms with Gasteiger partial charge < -0.3 is 4.90 Å². The summed E-state index contributed by atoms with van der Waals surface area (Å²) < 4.78 is 13.2. The van der Waals surface area contributed by atoms with E-state index < -0.39 is 0 Å². The van der Waals surface area contributed by atoms with Gasteiger partial charge in [0.15, 0.2) is 0 Å². The Morgan fingerprint density at radius 2 is 1.45 bits per heavy atom. The Labute approximate surface area is 196 Å². The first-order chi connectivity index (χ1) is 16.0. The van der Waals surface area contributed by atoms with Crippen LogP contribution < -0.4 is 0 Å². The van der Waals surface area contributed by atoms with Crippen molar-refractivity contribution in [2.24, 2.45) is 0 Å². The van der Waals surface area contributed by atoms with Crippen LogP contribution in [0.2, 0.25) is 0 Å². The van der Waals surface area contributed by atoms with E-state index in [1.165, 1.54) is 23.9 Å². The number of amides is 1. The van der Waals surface area contributed by atoms with E-state index in [-0.39, 0.29) is 23.5 Å². The Kier molecular flexibility index (Phi) is 7.10. The Hall–Kier alpha value is -3.58. The van der Waals surface area contributed by atoms with Gasteiger partial charge in [-0.05, 0) is 24.6 Å². The van der Waals surface area contributed by atoms with E-state index in [2.05, 4.69) is 10.2 Å². The van der Waals surface area contributed by atoms with Crippen LogP contribution in [0, 0.1) is 5.82 Å². The van der Waals surface area contributed by atoms with Gasteiger partial charge in [-0.25, -0.2) is 9.37 Å². The van der Waals surface area contributed by atoms with Crippen LogP contribution in [-0.4, -0.2) is 38.8 Å². The highest BCUT2D eigenvalue weighted by atomic mass is 32.2. The molecule has 0 saturated heterocycles. The van der Waals surface area contributed by atoms with Gasteiger partial charge >= 0.3 is 0 Å². The summed E-state index contributed by atoms with van der Waals surface area (Å²) in [6.45, 7) is 1.91. The molecule has 5 nitrogen and oxygen atoms in total. The molecule has 1 heterocycles. The minimum Gasteiger partial charge on any atom is -0.338 e. The van der Waals surface area contributed by atoms with E-state index in [9.17, 15) is 9.18 Å². The highest BCUT2D eigenvalue weighted by molar-refractivity contribution is 7.99. The molecule has 1 aromatic heterocycles. The van der Waals surface area contributed by atoms with Gasteiger partial charge in [-0.2, -0.15) is 0 Å². The van der Waals surface area contributed by atoms with Crippen molar-refractivity contribution in [3.8, 4) is 22.5 Å². The fourth-order valence-electron chi connectivity index (χ4n) is 3.37. The number of halogens is 1. The molecular weight excluding hydrogens is 435 g/mol. The van der Waals surface area contributed by atoms with Crippen molar-refractivity contribution in [2.75, 3.05) is 12.8 Å². The number of carbonyl (C=O) groups is 1. The van der Waals surface area contributed by atoms with Gasteiger partial charge in [-0.1, -0.05) is 84.6 Å². The standard InChI is InChI=1S/C26H23FN4OS/c1-18(19-13-15-22(27)16-14-19)31(2)23(32)17-33-26-28-24(20-9-5-3-6-10-20)25(29-30-26)21-11-7-4-8-12-21/h3-16,18H,17H2,1-2H3. The molecule has 3 aromatic carbocycles. The highest BCUT2D eigenvalue weighted by Crippen LogP contribution is 2.30. The maximum atomic E-state index is 13.2. The Bertz CT molecular complexity index is 1220. The molecule has 33 heavy (non-hydrogen) atoms. The minimum absolute atomic E-state index is 0.0752. The number of benzene rings is 3. The van der Waals surface area contributed by atoms with Crippen LogP contribution in [0.3, 0.4) is 0 Å². The van der Waals surface area contributed by atoms with Crippen LogP contribution in [0.15, 0.2) is 90.1 Å². The van der Waals surface area contributed by atoms with E-state index in [0.717, 1.165) is 22.4 Å². The maximum Gasteiger partial charge on any atom is 0.233 e. The summed E-state index contributed by atoms with van der Waals surface area (Å²) >= 11 is 1.25. The van der Waals surface area contributed by atoms with Gasteiger partial charge in [-0.15, -0.1) is 10.2 Å². The molecule has 166 valence electrons. The van der Waals surface area contributed by atoms with E-state index in [0.29, 0.717) is 10.9 Å². The van der Waals surface area contributed by atoms with Crippen molar-refractivity contribution in [2.45, 2.75) is 18.1 Å². The van der Waals surface area contributed by atoms with Crippen molar-refractivity contribution in [1.82, 2.24) is 20.1 Å². The van der Waals surface area contributed by atoms with Crippen LogP contribution in [0.1, 0.15) is 18.5 Å². The molecule has 0 saturated carbocycles. The zero-order chi connectivity index (χ0) is 23.2. The summed E-state index contributed by atoms with van der Waals surface area (Å²) in [6, 6.07) is 25.6. The zero-order valence-electron chi connectivity index (χ0n) is 18.4. The second kappa shape index (κ2) is 10.4. The monoisotopic (exact) mass is 458 g/mol. The number of rotatable bonds is 7. The van der Waals surface area contributed by atoms with Crippen molar-refractivity contribution in [3.63, 3.8) is 0 Å². The second-order valence-corrected chi connectivity index (χ2v) is 8.49. The molecule has 4 aromatic rings. The Morgan fingerprint density at radius 1 is 0.879 bits per heavy atom. The van der Waals surface area contributed by atoms with Crippen LogP contribution >= 0.6 is 11.8 Å². The van der Waals surface area contributed by atoms with Gasteiger partial charge in [0.2, 0.25) is 11.1 Å². The minimum atomic E-state index is -0.298. The lowest BCUT2D eigenvalue weighted by atomic mass is 10.0. The number of carbonyl (C=O) groups excluding carboxylic acids is 1. The maximum absolute atomic E-state index is 13.2. The lowest BCUT2D eigenvalue weighted by Gasteiger charge is -2.25. The average Bonchev–Trinajstić information content (AvgIpc) is 2.87. The molecule has 1 atom stereocenters. The first kappa shape index (κ1) is 22.6. The van der Waals surface area contributed by atoms with Crippen LogP contribution in [0.5, 0.6) is 0 Å². The summed E-state index contributed by atoms with van der Waals surface area (Å²) in [5.74, 6) is -0.204. The van der Waals surface area contributed by atoms with E-state index in [1.54, 1.807) is 24.1 Å². The molecule has 0 aliphatic rings. The second-order valence-electron chi connectivity index (χ2n) is 7.54. The van der Waals surface area contributed by atoms with Crippen molar-refractivity contribution >= 4 is 17.7 Å². The molecular formula is C26H23FN4OS. The first-order valence-electron chi connectivity index (χ1n) is 10.5. The smallest absolute Gasteiger partial charge is 0.233 e. The molecule has 0 aliphatic heterocycles. The quantitative estimate of drug-likeness (QED) is 0.335. The molecule has 1 amide bonds. The van der Waals surface area contributed by atoms with Gasteiger partial charge in [0.1, 0.15) is 17.2 Å². The molecule has 0 fully saturated rings. The summed E-state index contributed by atoms with van der Waals surface area (Å²) in [5, 5.41) is 9.15. The highest BCUT2D eigenvalue weighted by Gasteiger charge is 2.19. The molecule has 0 aliphatic carbocycles. The predicted molar refractivity (Wildman–Crippen MR) is 129 cm³/mol. The Balaban J connectivity index is 1.52. The van der Waals surface area contributed by atoms with Crippen LogP contribution in [0.4, 0.5) is 4.39 Å². The molecule has 4 rings (SSSR count). The van der Waals surface area contributed by atoms with Gasteiger partial charge in [0.25, 0.3) is 0 Å². The molecule has 0 spiro atoms. The van der Waals surface area contributed by atoms with Gasteiger partial charge in [0, 0.05) is 18.2 Å². The third kappa shape index (κ3) is 5.43. The average molecular weight is 459 g/mol. The fraction of sp³-hybridized carbons (Fsp3) is 0.154. The number of thioether (sulfide) groups is 1. The zero-order valence-corrected chi connectivity index (χ0v) is 19.2. The Morgan fingerprint density at radius 3 is 2.06 bits per heavy atom. The molecule has 0 bridgehead atoms. The third-order valence-electron chi connectivity index (χ3n) is 5.41. The molecule has 7 heteroatoms. The third-order valence-corrected chi connectivity index (χ3v) is 6.24. The SMILES string of the molecule is CC(c1ccc(F)cc1)N(C)C(=O)CSc1nnc(-c2ccccc2)c(-c2ccccc2)n1. The lowest BCUT2D eigenvalue weighted by Crippen LogP contribution is -2.31. The van der Waals surface area contributed by atoms with Crippen molar-refractivity contribution in [1.29, 1.82) is 0 Å². The number of aromatic nitrogens is 3. The van der Waals surface area contributed by atoms with Gasteiger partial charge in [0.05, 0.1) is 11.8 Å². The number of nitrogens with zero attached hydrogens (tertiary/aromatic N) is 4. The van der Waals surface area contributed by atoms with Gasteiger partial charge in [-0.3, -0.25) is 4.79 Å².